The van der Waals surface area contributed by atoms with Gasteiger partial charge in [-0.05, 0) is 114 Å². The van der Waals surface area contributed by atoms with Crippen LogP contribution < -0.4 is 87.2 Å². The van der Waals surface area contributed by atoms with E-state index in [2.05, 4.69) is 70.4 Å². The summed E-state index contributed by atoms with van der Waals surface area (Å²) in [5.41, 5.74) is 31.7. The molecule has 0 bridgehead atoms. The van der Waals surface area contributed by atoms with Gasteiger partial charge in [0.25, 0.3) is 0 Å². The van der Waals surface area contributed by atoms with Gasteiger partial charge in [0.2, 0.25) is 65.0 Å². The molecule has 4 rings (SSSR count). The molecule has 0 radical (unpaired) electrons. The zero-order valence-electron chi connectivity index (χ0n) is 53.6. The average molecular weight is 1290 g/mol. The average Bonchev–Trinajstić information content (AvgIpc) is 1.66. The smallest absolute Gasteiger partial charge is 0.245 e. The lowest BCUT2D eigenvalue weighted by Crippen LogP contribution is -2.62. The number of nitrogens with one attached hydrogen (secondary N) is 12. The Bertz CT molecular complexity index is 2880. The van der Waals surface area contributed by atoms with Gasteiger partial charge >= 0.3 is 0 Å². The van der Waals surface area contributed by atoms with Crippen LogP contribution in [0.5, 0.6) is 0 Å². The van der Waals surface area contributed by atoms with Crippen molar-refractivity contribution in [2.24, 2.45) is 34.6 Å². The first-order chi connectivity index (χ1) is 44.1. The van der Waals surface area contributed by atoms with E-state index < -0.39 is 144 Å². The highest BCUT2D eigenvalue weighted by Crippen LogP contribution is 2.20. The van der Waals surface area contributed by atoms with Crippen LogP contribution in [0.1, 0.15) is 129 Å². The number of hydrogen-bond donors (Lipinski definition) is 18. The molecule has 510 valence electrons. The Morgan fingerprint density at radius 1 is 0.543 bits per heavy atom. The van der Waals surface area contributed by atoms with Gasteiger partial charge < -0.3 is 97.2 Å². The fourth-order valence-electron chi connectivity index (χ4n) is 10.6. The monoisotopic (exact) mass is 1290 g/mol. The predicted molar refractivity (Wildman–Crippen MR) is 347 cm³/mol. The third-order valence-corrected chi connectivity index (χ3v) is 15.6. The summed E-state index contributed by atoms with van der Waals surface area (Å²) < 4.78 is 0. The highest BCUT2D eigenvalue weighted by Gasteiger charge is 2.37. The number of carbonyl (C=O) groups is 11. The number of aromatic nitrogens is 1. The molecule has 29 nitrogen and oxygen atoms in total. The van der Waals surface area contributed by atoms with Crippen LogP contribution in [0.2, 0.25) is 0 Å². The highest BCUT2D eigenvalue weighted by atomic mass is 16.3. The molecule has 1 fully saturated rings. The van der Waals surface area contributed by atoms with Crippen molar-refractivity contribution in [3.05, 3.63) is 71.9 Å². The topological polar surface area (TPSA) is 486 Å². The van der Waals surface area contributed by atoms with Gasteiger partial charge in [-0.2, -0.15) is 0 Å². The molecule has 92 heavy (non-hydrogen) atoms. The first-order valence-corrected chi connectivity index (χ1v) is 32.2. The number of fused-ring (bicyclic) bond motifs is 1. The van der Waals surface area contributed by atoms with E-state index in [-0.39, 0.29) is 96.4 Å². The Morgan fingerprint density at radius 2 is 1.04 bits per heavy atom. The molecule has 1 aliphatic heterocycles. The van der Waals surface area contributed by atoms with Gasteiger partial charge in [-0.3, -0.25) is 52.7 Å². The summed E-state index contributed by atoms with van der Waals surface area (Å²) in [5, 5.41) is 40.8. The number of nitrogens with two attached hydrogens (primary N) is 5. The van der Waals surface area contributed by atoms with Crippen molar-refractivity contribution in [3.63, 3.8) is 0 Å². The van der Waals surface area contributed by atoms with Crippen molar-refractivity contribution in [1.29, 1.82) is 0 Å². The summed E-state index contributed by atoms with van der Waals surface area (Å²) in [6.45, 7) is 5.92. The second-order valence-corrected chi connectivity index (χ2v) is 23.7. The standard InChI is InChI=1S/C63H101N17O12/c1-5-6-7-8-9-13-20-52(82)71-43(21-27-64)60(89)80-53(38(4)81)63(92)76-47(25-31-68)56(85)75-48-26-32-69-54(83)51(35-40-36-70-42-19-15-14-18-41(40)42)79-58(87)46(24-30-67)72-55(84)44(22-28-65)74-61(90)49(33-37(2)3)77-62(91)50(34-39-16-11-10-12-17-39)78-57(86)45(23-29-66)73-59(48)88/h10-12,14-19,36-38,43-51,53,70,81H,5-9,13,20-35,64-68H2,1-4H3,(H,69,83)(H,71,82)(H,72,84)(H,73,88)(H,74,90)(H,75,85)(H,76,92)(H,77,91)(H,78,86)(H,79,87)(H,80,89)/t38-,43+,44+,45+,46+,47+,48+,49+,50-,51+,53+/m1/s1. The normalized spacial score (nSPS) is 21.4. The van der Waals surface area contributed by atoms with Gasteiger partial charge in [0.15, 0.2) is 0 Å². The molecule has 1 saturated heterocycles. The van der Waals surface area contributed by atoms with Crippen molar-refractivity contribution in [2.45, 2.75) is 197 Å². The molecule has 2 heterocycles. The van der Waals surface area contributed by atoms with E-state index in [1.807, 2.05) is 18.2 Å². The number of aromatic amines is 1. The zero-order chi connectivity index (χ0) is 67.7. The number of carbonyl (C=O) groups excluding carboxylic acids is 11. The molecule has 3 aromatic rings. The largest absolute Gasteiger partial charge is 0.391 e. The SMILES string of the molecule is CCCCCCCCC(=O)N[C@@H](CCN)C(=O)N[C@H](C(=O)N[C@@H](CCN)C(=O)N[C@H]1CCNC(=O)[C@H](Cc2c[nH]c3ccccc23)NC(=O)[C@H](CCN)NC(=O)[C@H](CCN)NC(=O)[C@H](CC(C)C)NC(=O)[C@@H](Cc2ccccc2)NC(=O)[C@H](CCN)NC1=O)[C@@H](C)O. The lowest BCUT2D eigenvalue weighted by molar-refractivity contribution is -0.137. The summed E-state index contributed by atoms with van der Waals surface area (Å²) in [4.78, 5) is 160. The molecule has 1 aliphatic rings. The number of aliphatic hydroxyl groups excluding tert-OH is 1. The van der Waals surface area contributed by atoms with Crippen LogP contribution >= 0.6 is 0 Å². The van der Waals surface area contributed by atoms with Crippen LogP contribution in [0.25, 0.3) is 10.9 Å². The number of benzene rings is 2. The second-order valence-electron chi connectivity index (χ2n) is 23.7. The minimum atomic E-state index is -1.69. The first-order valence-electron chi connectivity index (χ1n) is 32.2. The van der Waals surface area contributed by atoms with Gasteiger partial charge in [-0.15, -0.1) is 0 Å². The first kappa shape index (κ1) is 76.4. The molecule has 11 amide bonds. The maximum atomic E-state index is 14.8. The number of unbranched alkanes of at least 4 members (excludes halogenated alkanes) is 5. The molecule has 0 saturated carbocycles. The Labute approximate surface area is 538 Å². The van der Waals surface area contributed by atoms with Gasteiger partial charge in [0.05, 0.1) is 6.10 Å². The van der Waals surface area contributed by atoms with Crippen LogP contribution in [-0.2, 0) is 65.6 Å². The van der Waals surface area contributed by atoms with Gasteiger partial charge in [0, 0.05) is 42.9 Å². The summed E-state index contributed by atoms with van der Waals surface area (Å²) in [6, 6.07) is 1.53. The van der Waals surface area contributed by atoms with E-state index >= 15 is 0 Å². The number of aliphatic hydroxyl groups is 1. The summed E-state index contributed by atoms with van der Waals surface area (Å²) in [6.07, 6.45) is 4.53. The van der Waals surface area contributed by atoms with Crippen molar-refractivity contribution < 1.29 is 57.8 Å². The molecule has 2 aromatic carbocycles. The van der Waals surface area contributed by atoms with Crippen molar-refractivity contribution in [3.8, 4) is 0 Å². The Hall–Kier alpha value is -8.09. The van der Waals surface area contributed by atoms with Crippen LogP contribution in [0.15, 0.2) is 60.8 Å². The molecule has 23 N–H and O–H groups in total. The number of amides is 11. The highest BCUT2D eigenvalue weighted by molar-refractivity contribution is 5.99. The van der Waals surface area contributed by atoms with Crippen molar-refractivity contribution >= 4 is 75.9 Å². The van der Waals surface area contributed by atoms with Crippen LogP contribution in [0, 0.1) is 5.92 Å². The van der Waals surface area contributed by atoms with E-state index in [0.29, 0.717) is 17.5 Å². The zero-order valence-corrected chi connectivity index (χ0v) is 53.6. The molecule has 0 unspecified atom stereocenters. The van der Waals surface area contributed by atoms with Crippen molar-refractivity contribution in [2.75, 3.05) is 39.3 Å². The fourth-order valence-corrected chi connectivity index (χ4v) is 10.6. The lowest BCUT2D eigenvalue weighted by atomic mass is 10.00. The number of para-hydroxylation sites is 1. The predicted octanol–water partition coefficient (Wildman–Crippen LogP) is -2.76. The Kier molecular flexibility index (Phi) is 33.8. The molecule has 0 spiro atoms. The number of rotatable bonds is 31. The number of H-pyrrole nitrogens is 1. The van der Waals surface area contributed by atoms with E-state index in [9.17, 15) is 57.8 Å². The quantitative estimate of drug-likeness (QED) is 0.0290. The molecular weight excluding hydrogens is 1190 g/mol. The third kappa shape index (κ3) is 25.5. The van der Waals surface area contributed by atoms with Crippen LogP contribution in [0.4, 0.5) is 0 Å². The molecule has 11 atom stereocenters. The van der Waals surface area contributed by atoms with Gasteiger partial charge in [0.1, 0.15) is 60.4 Å². The summed E-state index contributed by atoms with van der Waals surface area (Å²) in [5.74, 6) is -9.39. The lowest BCUT2D eigenvalue weighted by Gasteiger charge is -2.29. The Morgan fingerprint density at radius 3 is 1.61 bits per heavy atom. The van der Waals surface area contributed by atoms with Crippen molar-refractivity contribution in [1.82, 2.24) is 63.5 Å². The van der Waals surface area contributed by atoms with Crippen LogP contribution in [0.3, 0.4) is 0 Å². The second kappa shape index (κ2) is 40.7. The maximum absolute atomic E-state index is 14.8. The minimum Gasteiger partial charge on any atom is -0.391 e. The summed E-state index contributed by atoms with van der Waals surface area (Å²) >= 11 is 0. The van der Waals surface area contributed by atoms with Gasteiger partial charge in [-0.25, -0.2) is 0 Å². The molecule has 29 heteroatoms. The van der Waals surface area contributed by atoms with E-state index in [4.69, 9.17) is 28.7 Å². The van der Waals surface area contributed by atoms with Gasteiger partial charge in [-0.1, -0.05) is 101 Å². The molecular formula is C63H101N17O12. The maximum Gasteiger partial charge on any atom is 0.245 e. The summed E-state index contributed by atoms with van der Waals surface area (Å²) in [7, 11) is 0. The van der Waals surface area contributed by atoms with E-state index in [1.165, 1.54) is 6.92 Å². The van der Waals surface area contributed by atoms with E-state index in [1.54, 1.807) is 56.4 Å². The third-order valence-electron chi connectivity index (χ3n) is 15.6. The number of hydrogen-bond acceptors (Lipinski definition) is 17. The Balaban J connectivity index is 1.77. The minimum absolute atomic E-state index is 0.00865. The molecule has 0 aliphatic carbocycles. The van der Waals surface area contributed by atoms with Crippen LogP contribution in [-0.4, -0.2) is 181 Å². The molecule has 1 aromatic heterocycles. The van der Waals surface area contributed by atoms with E-state index in [0.717, 1.165) is 43.0 Å². The fraction of sp³-hybridized carbons (Fsp3) is 0.603.